The van der Waals surface area contributed by atoms with Gasteiger partial charge in [0, 0.05) is 24.1 Å². The van der Waals surface area contributed by atoms with Crippen molar-refractivity contribution >= 4 is 11.7 Å². The molecule has 1 fully saturated rings. The minimum absolute atomic E-state index is 0.00268. The van der Waals surface area contributed by atoms with E-state index in [-0.39, 0.29) is 35.4 Å². The van der Waals surface area contributed by atoms with Crippen molar-refractivity contribution < 1.29 is 18.4 Å². The number of aromatic amines is 1. The molecule has 0 radical (unpaired) electrons. The average molecular weight is 496 g/mol. The fraction of sp³-hybridized carbons (Fsp3) is 0.481. The fourth-order valence-electron chi connectivity index (χ4n) is 4.52. The molecule has 3 heterocycles. The number of aryl methyl sites for hydroxylation is 1. The molecule has 36 heavy (non-hydrogen) atoms. The first-order chi connectivity index (χ1) is 17.4. The zero-order valence-corrected chi connectivity index (χ0v) is 20.9. The molecule has 9 heteroatoms. The molecular weight excluding hydrogens is 461 g/mol. The Hall–Kier alpha value is -3.33. The zero-order chi connectivity index (χ0) is 25.5. The predicted molar refractivity (Wildman–Crippen MR) is 134 cm³/mol. The number of carbonyl (C=O) groups is 2. The quantitative estimate of drug-likeness (QED) is 0.291. The number of amides is 1. The molecule has 1 aromatic carbocycles. The van der Waals surface area contributed by atoms with Crippen molar-refractivity contribution in [3.63, 3.8) is 0 Å². The van der Waals surface area contributed by atoms with Gasteiger partial charge in [0.25, 0.3) is 5.89 Å². The third-order valence-electron chi connectivity index (χ3n) is 6.73. The third kappa shape index (κ3) is 6.87. The van der Waals surface area contributed by atoms with Gasteiger partial charge < -0.3 is 19.6 Å². The second-order valence-electron chi connectivity index (χ2n) is 9.63. The van der Waals surface area contributed by atoms with Gasteiger partial charge in [-0.3, -0.25) is 9.59 Å². The van der Waals surface area contributed by atoms with E-state index in [0.717, 1.165) is 50.8 Å². The molecule has 0 bridgehead atoms. The maximum absolute atomic E-state index is 13.3. The molecule has 1 amide bonds. The van der Waals surface area contributed by atoms with Gasteiger partial charge in [-0.05, 0) is 77.0 Å². The maximum Gasteiger partial charge on any atom is 0.263 e. The minimum Gasteiger partial charge on any atom is -0.442 e. The topological polar surface area (TPSA) is 104 Å². The van der Waals surface area contributed by atoms with Gasteiger partial charge in [0.15, 0.2) is 0 Å². The van der Waals surface area contributed by atoms with Crippen LogP contribution in [0.25, 0.3) is 11.3 Å². The average Bonchev–Trinajstić information content (AvgIpc) is 3.53. The normalized spacial score (nSPS) is 15.6. The number of benzene rings is 1. The van der Waals surface area contributed by atoms with Crippen LogP contribution in [0.3, 0.4) is 0 Å². The van der Waals surface area contributed by atoms with Gasteiger partial charge in [0.05, 0.1) is 17.4 Å². The van der Waals surface area contributed by atoms with Crippen molar-refractivity contribution in [2.75, 3.05) is 20.1 Å². The number of unbranched alkanes of at least 4 members (excludes halogenated alkanes) is 2. The number of halogens is 1. The predicted octanol–water partition coefficient (Wildman–Crippen LogP) is 4.84. The Morgan fingerprint density at radius 1 is 1.17 bits per heavy atom. The van der Waals surface area contributed by atoms with Crippen LogP contribution in [0.1, 0.15) is 73.2 Å². The monoisotopic (exact) mass is 495 g/mol. The van der Waals surface area contributed by atoms with Crippen LogP contribution in [0.15, 0.2) is 41.1 Å². The van der Waals surface area contributed by atoms with Crippen molar-refractivity contribution in [2.24, 2.45) is 5.92 Å². The molecule has 3 aromatic rings. The van der Waals surface area contributed by atoms with E-state index in [1.54, 1.807) is 25.3 Å². The van der Waals surface area contributed by atoms with Crippen LogP contribution in [-0.4, -0.2) is 51.7 Å². The molecule has 0 spiro atoms. The summed E-state index contributed by atoms with van der Waals surface area (Å²) in [5, 5.41) is 3.22. The molecular formula is C27H34FN5O3. The van der Waals surface area contributed by atoms with Crippen LogP contribution in [-0.2, 0) is 4.79 Å². The first kappa shape index (κ1) is 25.8. The Bertz CT molecular complexity index is 1150. The van der Waals surface area contributed by atoms with Gasteiger partial charge in [-0.25, -0.2) is 14.4 Å². The fourth-order valence-corrected chi connectivity index (χ4v) is 4.52. The van der Waals surface area contributed by atoms with Crippen molar-refractivity contribution in [3.05, 3.63) is 60.0 Å². The summed E-state index contributed by atoms with van der Waals surface area (Å²) in [5.41, 5.74) is 2.20. The van der Waals surface area contributed by atoms with E-state index in [0.29, 0.717) is 30.1 Å². The number of ketones is 1. The van der Waals surface area contributed by atoms with Gasteiger partial charge in [0.2, 0.25) is 11.7 Å². The molecule has 1 aliphatic heterocycles. The number of likely N-dealkylation sites (tertiary alicyclic amines) is 1. The molecule has 2 aromatic heterocycles. The highest BCUT2D eigenvalue weighted by molar-refractivity contribution is 5.91. The van der Waals surface area contributed by atoms with Gasteiger partial charge in [-0.1, -0.05) is 12.8 Å². The van der Waals surface area contributed by atoms with Crippen LogP contribution < -0.4 is 5.32 Å². The number of hydrogen-bond donors (Lipinski definition) is 2. The smallest absolute Gasteiger partial charge is 0.263 e. The number of H-pyrrole nitrogens is 1. The molecule has 1 saturated heterocycles. The number of aromatic nitrogens is 3. The molecule has 192 valence electrons. The highest BCUT2D eigenvalue weighted by Crippen LogP contribution is 2.25. The van der Waals surface area contributed by atoms with Crippen LogP contribution in [0, 0.1) is 18.7 Å². The van der Waals surface area contributed by atoms with Crippen molar-refractivity contribution in [1.29, 1.82) is 0 Å². The first-order valence-corrected chi connectivity index (χ1v) is 12.6. The van der Waals surface area contributed by atoms with Crippen LogP contribution in [0.4, 0.5) is 4.39 Å². The van der Waals surface area contributed by atoms with E-state index in [9.17, 15) is 14.0 Å². The SMILES string of the molecule is Cc1coc(C(=O)CCCCCC(NC(=O)C2CCN(C)CC2)c2nc(-c3ccc(F)cc3)c[nH]2)n1. The second-order valence-corrected chi connectivity index (χ2v) is 9.63. The van der Waals surface area contributed by atoms with E-state index < -0.39 is 0 Å². The highest BCUT2D eigenvalue weighted by Gasteiger charge is 2.26. The summed E-state index contributed by atoms with van der Waals surface area (Å²) in [6.45, 7) is 3.61. The van der Waals surface area contributed by atoms with E-state index in [2.05, 4.69) is 27.2 Å². The van der Waals surface area contributed by atoms with Crippen molar-refractivity contribution in [1.82, 2.24) is 25.2 Å². The Morgan fingerprint density at radius 2 is 1.92 bits per heavy atom. The van der Waals surface area contributed by atoms with Crippen molar-refractivity contribution in [2.45, 2.75) is 57.9 Å². The summed E-state index contributed by atoms with van der Waals surface area (Å²) >= 11 is 0. The summed E-state index contributed by atoms with van der Waals surface area (Å²) in [6.07, 6.45) is 8.40. The molecule has 8 nitrogen and oxygen atoms in total. The van der Waals surface area contributed by atoms with Crippen LogP contribution in [0.5, 0.6) is 0 Å². The van der Waals surface area contributed by atoms with E-state index in [1.807, 2.05) is 0 Å². The lowest BCUT2D eigenvalue weighted by Gasteiger charge is -2.29. The third-order valence-corrected chi connectivity index (χ3v) is 6.73. The van der Waals surface area contributed by atoms with Crippen LogP contribution in [0.2, 0.25) is 0 Å². The summed E-state index contributed by atoms with van der Waals surface area (Å²) in [6, 6.07) is 5.92. The number of nitrogens with one attached hydrogen (secondary N) is 2. The molecule has 1 unspecified atom stereocenters. The lowest BCUT2D eigenvalue weighted by atomic mass is 9.95. The number of piperidine rings is 1. The molecule has 2 N–H and O–H groups in total. The minimum atomic E-state index is -0.297. The van der Waals surface area contributed by atoms with E-state index >= 15 is 0 Å². The number of carbonyl (C=O) groups excluding carboxylic acids is 2. The summed E-state index contributed by atoms with van der Waals surface area (Å²) in [7, 11) is 2.07. The van der Waals surface area contributed by atoms with Gasteiger partial charge in [-0.2, -0.15) is 0 Å². The second kappa shape index (κ2) is 12.1. The first-order valence-electron chi connectivity index (χ1n) is 12.6. The maximum atomic E-state index is 13.3. The zero-order valence-electron chi connectivity index (χ0n) is 20.9. The van der Waals surface area contributed by atoms with Crippen molar-refractivity contribution in [3.8, 4) is 11.3 Å². The Balaban J connectivity index is 1.36. The molecule has 0 saturated carbocycles. The van der Waals surface area contributed by atoms with E-state index in [1.165, 1.54) is 18.4 Å². The number of Topliss-reactive ketones (excluding diaryl/α,β-unsaturated/α-hetero) is 1. The summed E-state index contributed by atoms with van der Waals surface area (Å²) < 4.78 is 18.5. The van der Waals surface area contributed by atoms with Gasteiger partial charge in [0.1, 0.15) is 17.9 Å². The number of rotatable bonds is 11. The van der Waals surface area contributed by atoms with Gasteiger partial charge in [-0.15, -0.1) is 0 Å². The highest BCUT2D eigenvalue weighted by atomic mass is 19.1. The molecule has 1 aliphatic rings. The number of oxazole rings is 1. The molecule has 1 atom stereocenters. The Morgan fingerprint density at radius 3 is 2.61 bits per heavy atom. The largest absolute Gasteiger partial charge is 0.442 e. The molecule has 0 aliphatic carbocycles. The Labute approximate surface area is 210 Å². The van der Waals surface area contributed by atoms with E-state index in [4.69, 9.17) is 9.40 Å². The summed E-state index contributed by atoms with van der Waals surface area (Å²) in [5.74, 6) is 0.514. The van der Waals surface area contributed by atoms with Crippen LogP contribution >= 0.6 is 0 Å². The Kier molecular flexibility index (Phi) is 8.64. The number of hydrogen-bond acceptors (Lipinski definition) is 6. The number of nitrogens with zero attached hydrogens (tertiary/aromatic N) is 3. The lowest BCUT2D eigenvalue weighted by Crippen LogP contribution is -2.40. The lowest BCUT2D eigenvalue weighted by molar-refractivity contribution is -0.127. The standard InChI is InChI=1S/C27H34FN5O3/c1-18-17-36-27(30-18)24(34)7-5-3-4-6-22(32-26(35)20-12-14-33(2)15-13-20)25-29-16-23(31-25)19-8-10-21(28)11-9-19/h8-11,16-17,20,22H,3-7,12-15H2,1-2H3,(H,29,31)(H,32,35). The summed E-state index contributed by atoms with van der Waals surface area (Å²) in [4.78, 5) is 39.5. The van der Waals surface area contributed by atoms with Gasteiger partial charge >= 0.3 is 0 Å². The molecule has 4 rings (SSSR count). The number of imidazole rings is 1.